The van der Waals surface area contributed by atoms with Gasteiger partial charge in [-0.3, -0.25) is 0 Å². The molecule has 1 aromatic carbocycles. The Bertz CT molecular complexity index is 1020. The molecule has 0 aliphatic rings. The van der Waals surface area contributed by atoms with Gasteiger partial charge >= 0.3 is 6.03 Å². The summed E-state index contributed by atoms with van der Waals surface area (Å²) in [6, 6.07) is 14.2. The van der Waals surface area contributed by atoms with Crippen LogP contribution < -0.4 is 10.6 Å². The molecule has 8 heteroatoms. The van der Waals surface area contributed by atoms with Gasteiger partial charge in [-0.05, 0) is 29.9 Å². The second-order valence-corrected chi connectivity index (χ2v) is 8.14. The molecule has 3 heterocycles. The van der Waals surface area contributed by atoms with Crippen molar-refractivity contribution in [3.63, 3.8) is 0 Å². The average Bonchev–Trinajstić information content (AvgIpc) is 3.44. The van der Waals surface area contributed by atoms with E-state index in [1.807, 2.05) is 45.6 Å². The number of amides is 2. The molecule has 0 saturated heterocycles. The maximum atomic E-state index is 12.0. The number of fused-ring (bicyclic) bond motifs is 1. The zero-order valence-electron chi connectivity index (χ0n) is 15.3. The summed E-state index contributed by atoms with van der Waals surface area (Å²) in [4.78, 5) is 18.5. The number of rotatable bonds is 8. The minimum absolute atomic E-state index is 0.127. The first-order valence-corrected chi connectivity index (χ1v) is 11.0. The van der Waals surface area contributed by atoms with Gasteiger partial charge in [0.2, 0.25) is 4.96 Å². The van der Waals surface area contributed by atoms with E-state index in [1.165, 1.54) is 5.56 Å². The molecule has 0 fully saturated rings. The summed E-state index contributed by atoms with van der Waals surface area (Å²) >= 11 is 3.20. The number of urea groups is 1. The fourth-order valence-corrected chi connectivity index (χ4v) is 4.42. The largest absolute Gasteiger partial charge is 0.338 e. The second kappa shape index (κ2) is 8.99. The van der Waals surface area contributed by atoms with Crippen molar-refractivity contribution in [1.29, 1.82) is 0 Å². The second-order valence-electron chi connectivity index (χ2n) is 6.36. The molecule has 0 radical (unpaired) electrons. The van der Waals surface area contributed by atoms with Crippen molar-refractivity contribution in [2.24, 2.45) is 0 Å². The monoisotopic (exact) mass is 411 g/mol. The van der Waals surface area contributed by atoms with Crippen LogP contribution in [0.5, 0.6) is 0 Å². The zero-order valence-corrected chi connectivity index (χ0v) is 16.9. The number of aryl methyl sites for hydroxylation is 1. The lowest BCUT2D eigenvalue weighted by Crippen LogP contribution is -2.37. The van der Waals surface area contributed by atoms with Gasteiger partial charge in [0.1, 0.15) is 0 Å². The molecule has 3 aromatic heterocycles. The molecule has 0 atom stereocenters. The number of nitrogens with zero attached hydrogens (tertiary/aromatic N) is 3. The molecule has 28 heavy (non-hydrogen) atoms. The molecule has 2 amide bonds. The van der Waals surface area contributed by atoms with Crippen LogP contribution in [0.4, 0.5) is 4.79 Å². The van der Waals surface area contributed by atoms with E-state index >= 15 is 0 Å². The smallest absolute Gasteiger partial charge is 0.314 e. The van der Waals surface area contributed by atoms with Crippen molar-refractivity contribution in [3.05, 3.63) is 64.5 Å². The van der Waals surface area contributed by atoms with Crippen LogP contribution in [-0.4, -0.2) is 33.7 Å². The molecule has 4 rings (SSSR count). The quantitative estimate of drug-likeness (QED) is 0.431. The Morgan fingerprint density at radius 2 is 1.86 bits per heavy atom. The molecule has 2 N–H and O–H groups in total. The van der Waals surface area contributed by atoms with Gasteiger partial charge in [-0.15, -0.1) is 27.8 Å². The van der Waals surface area contributed by atoms with Crippen LogP contribution in [-0.2, 0) is 12.8 Å². The summed E-state index contributed by atoms with van der Waals surface area (Å²) in [5, 5.41) is 14.5. The van der Waals surface area contributed by atoms with Crippen molar-refractivity contribution in [1.82, 2.24) is 25.2 Å². The highest BCUT2D eigenvalue weighted by Crippen LogP contribution is 2.24. The van der Waals surface area contributed by atoms with Gasteiger partial charge in [0.15, 0.2) is 5.82 Å². The lowest BCUT2D eigenvalue weighted by Gasteiger charge is -2.07. The fourth-order valence-electron chi connectivity index (χ4n) is 2.91. The van der Waals surface area contributed by atoms with Gasteiger partial charge in [-0.25, -0.2) is 9.31 Å². The first-order valence-electron chi connectivity index (χ1n) is 9.22. The molecule has 6 nitrogen and oxygen atoms in total. The predicted molar refractivity (Wildman–Crippen MR) is 114 cm³/mol. The SMILES string of the molecule is O=C(NCCCc1ccccc1)NCCc1csc2nc(-c3cccs3)nn12. The Morgan fingerprint density at radius 1 is 1.00 bits per heavy atom. The predicted octanol–water partition coefficient (Wildman–Crippen LogP) is 3.99. The van der Waals surface area contributed by atoms with Gasteiger partial charge < -0.3 is 10.6 Å². The minimum Gasteiger partial charge on any atom is -0.338 e. The Hall–Kier alpha value is -2.71. The van der Waals surface area contributed by atoms with Crippen molar-refractivity contribution < 1.29 is 4.79 Å². The normalized spacial score (nSPS) is 11.0. The Kier molecular flexibility index (Phi) is 5.98. The number of aromatic nitrogens is 3. The van der Waals surface area contributed by atoms with Crippen LogP contribution >= 0.6 is 22.7 Å². The van der Waals surface area contributed by atoms with Crippen LogP contribution in [0.2, 0.25) is 0 Å². The number of carbonyl (C=O) groups excluding carboxylic acids is 1. The number of hydrogen-bond donors (Lipinski definition) is 2. The number of carbonyl (C=O) groups is 1. The topological polar surface area (TPSA) is 71.3 Å². The summed E-state index contributed by atoms with van der Waals surface area (Å²) in [5.41, 5.74) is 2.35. The van der Waals surface area contributed by atoms with Gasteiger partial charge in [-0.2, -0.15) is 4.98 Å². The van der Waals surface area contributed by atoms with E-state index in [0.717, 1.165) is 34.2 Å². The van der Waals surface area contributed by atoms with Crippen molar-refractivity contribution in [3.8, 4) is 10.7 Å². The van der Waals surface area contributed by atoms with Crippen LogP contribution in [0.25, 0.3) is 15.7 Å². The van der Waals surface area contributed by atoms with Crippen molar-refractivity contribution >= 4 is 33.7 Å². The summed E-state index contributed by atoms with van der Waals surface area (Å²) < 4.78 is 1.87. The van der Waals surface area contributed by atoms with E-state index in [2.05, 4.69) is 32.8 Å². The highest BCUT2D eigenvalue weighted by atomic mass is 32.1. The molecule has 0 aliphatic heterocycles. The molecule has 144 valence electrons. The molecular formula is C20H21N5OS2. The maximum absolute atomic E-state index is 12.0. The summed E-state index contributed by atoms with van der Waals surface area (Å²) in [6.07, 6.45) is 2.60. The number of nitrogens with one attached hydrogen (secondary N) is 2. The molecule has 0 spiro atoms. The Labute approximate surface area is 171 Å². The lowest BCUT2D eigenvalue weighted by atomic mass is 10.1. The summed E-state index contributed by atoms with van der Waals surface area (Å²) in [6.45, 7) is 1.22. The Morgan fingerprint density at radius 3 is 2.68 bits per heavy atom. The standard InChI is InChI=1S/C20H21N5OS2/c26-19(21-11-4-8-15-6-2-1-3-7-15)22-12-10-16-14-28-20-23-18(24-25(16)20)17-9-5-13-27-17/h1-3,5-7,9,13-14H,4,8,10-12H2,(H2,21,22,26). The molecule has 0 unspecified atom stereocenters. The first kappa shape index (κ1) is 18.6. The highest BCUT2D eigenvalue weighted by molar-refractivity contribution is 7.15. The van der Waals surface area contributed by atoms with Crippen LogP contribution in [0, 0.1) is 0 Å². The third-order valence-electron chi connectivity index (χ3n) is 4.33. The summed E-state index contributed by atoms with van der Waals surface area (Å²) in [5.74, 6) is 0.757. The van der Waals surface area contributed by atoms with E-state index in [1.54, 1.807) is 22.7 Å². The van der Waals surface area contributed by atoms with E-state index < -0.39 is 0 Å². The molecule has 4 aromatic rings. The number of benzene rings is 1. The van der Waals surface area contributed by atoms with Crippen molar-refractivity contribution in [2.75, 3.05) is 13.1 Å². The fraction of sp³-hybridized carbons (Fsp3) is 0.250. The summed E-state index contributed by atoms with van der Waals surface area (Å²) in [7, 11) is 0. The molecular weight excluding hydrogens is 390 g/mol. The number of thiophene rings is 1. The molecule has 0 saturated carbocycles. The van der Waals surface area contributed by atoms with Gasteiger partial charge in [0.25, 0.3) is 0 Å². The zero-order chi connectivity index (χ0) is 19.2. The lowest BCUT2D eigenvalue weighted by molar-refractivity contribution is 0.241. The third-order valence-corrected chi connectivity index (χ3v) is 6.06. The first-order chi connectivity index (χ1) is 13.8. The van der Waals surface area contributed by atoms with Crippen molar-refractivity contribution in [2.45, 2.75) is 19.3 Å². The molecule has 0 aliphatic carbocycles. The van der Waals surface area contributed by atoms with E-state index in [9.17, 15) is 4.79 Å². The van der Waals surface area contributed by atoms with Gasteiger partial charge in [0, 0.05) is 24.9 Å². The Balaban J connectivity index is 1.21. The maximum Gasteiger partial charge on any atom is 0.314 e. The minimum atomic E-state index is -0.127. The van der Waals surface area contributed by atoms with E-state index in [-0.39, 0.29) is 6.03 Å². The van der Waals surface area contributed by atoms with Gasteiger partial charge in [0.05, 0.1) is 10.6 Å². The van der Waals surface area contributed by atoms with Gasteiger partial charge in [-0.1, -0.05) is 36.4 Å². The average molecular weight is 412 g/mol. The highest BCUT2D eigenvalue weighted by Gasteiger charge is 2.12. The third kappa shape index (κ3) is 4.58. The van der Waals surface area contributed by atoms with Crippen LogP contribution in [0.3, 0.4) is 0 Å². The van der Waals surface area contributed by atoms with E-state index in [4.69, 9.17) is 0 Å². The number of hydrogen-bond acceptors (Lipinski definition) is 5. The van der Waals surface area contributed by atoms with Crippen LogP contribution in [0.1, 0.15) is 17.7 Å². The van der Waals surface area contributed by atoms with E-state index in [0.29, 0.717) is 19.5 Å². The number of thiazole rings is 1. The molecule has 0 bridgehead atoms. The van der Waals surface area contributed by atoms with Crippen LogP contribution in [0.15, 0.2) is 53.2 Å².